The molecule has 0 saturated carbocycles. The molecule has 0 radical (unpaired) electrons. The molecule has 0 spiro atoms. The summed E-state index contributed by atoms with van der Waals surface area (Å²) in [4.78, 5) is 0. The van der Waals surface area contributed by atoms with Gasteiger partial charge in [-0.3, -0.25) is 0 Å². The smallest absolute Gasteiger partial charge is 0.100 e. The van der Waals surface area contributed by atoms with Crippen molar-refractivity contribution in [2.24, 2.45) is 0 Å². The van der Waals surface area contributed by atoms with E-state index >= 15 is 0 Å². The summed E-state index contributed by atoms with van der Waals surface area (Å²) in [5.41, 5.74) is 0. The lowest BCUT2D eigenvalue weighted by Gasteiger charge is -1.96. The molecule has 0 aromatic heterocycles. The van der Waals surface area contributed by atoms with Gasteiger partial charge in [0.05, 0.1) is 39.1 Å². The van der Waals surface area contributed by atoms with E-state index in [1.54, 1.807) is 0 Å². The minimum Gasteiger partial charge on any atom is -0.396 e. The van der Waals surface area contributed by atoms with Crippen LogP contribution in [0.1, 0.15) is 27.2 Å². The van der Waals surface area contributed by atoms with Crippen LogP contribution in [-0.4, -0.2) is 104 Å². The predicted molar refractivity (Wildman–Crippen MR) is 83.3 cm³/mol. The van der Waals surface area contributed by atoms with E-state index in [9.17, 15) is 0 Å². The lowest BCUT2D eigenvalue weighted by molar-refractivity contribution is 0.0450. The van der Waals surface area contributed by atoms with Crippen molar-refractivity contribution in [3.05, 3.63) is 0 Å². The van der Waals surface area contributed by atoms with Gasteiger partial charge in [-0.05, 0) is 19.8 Å². The molecule has 9 N–H and O–H groups in total. The molecule has 0 aliphatic heterocycles. The third-order valence-electron chi connectivity index (χ3n) is 1.35. The Bertz CT molecular complexity index is 127. The number of aliphatic hydroxyl groups excluding tert-OH is 9. The number of aliphatic hydroxyl groups is 9. The van der Waals surface area contributed by atoms with Crippen molar-refractivity contribution in [3.63, 3.8) is 0 Å². The highest BCUT2D eigenvalue weighted by Crippen LogP contribution is 1.80. The van der Waals surface area contributed by atoms with Crippen LogP contribution in [0.25, 0.3) is 0 Å². The van der Waals surface area contributed by atoms with Gasteiger partial charge in [0.1, 0.15) is 6.10 Å². The molecule has 9 heteroatoms. The van der Waals surface area contributed by atoms with Crippen LogP contribution in [0.2, 0.25) is 0 Å². The van der Waals surface area contributed by atoms with Crippen molar-refractivity contribution in [1.29, 1.82) is 0 Å². The largest absolute Gasteiger partial charge is 0.396 e. The average molecular weight is 336 g/mol. The summed E-state index contributed by atoms with van der Waals surface area (Å²) in [5.74, 6) is 0. The van der Waals surface area contributed by atoms with Crippen LogP contribution in [-0.2, 0) is 0 Å². The topological polar surface area (TPSA) is 182 Å². The van der Waals surface area contributed by atoms with Gasteiger partial charge in [-0.25, -0.2) is 0 Å². The summed E-state index contributed by atoms with van der Waals surface area (Å²) in [6, 6.07) is 0. The van der Waals surface area contributed by atoms with Gasteiger partial charge in [-0.1, -0.05) is 7.43 Å². The Morgan fingerprint density at radius 3 is 0.909 bits per heavy atom. The number of hydrogen-bond acceptors (Lipinski definition) is 9. The van der Waals surface area contributed by atoms with Crippen molar-refractivity contribution in [1.82, 2.24) is 0 Å². The molecule has 22 heavy (non-hydrogen) atoms. The summed E-state index contributed by atoms with van der Waals surface area (Å²) in [5, 5.41) is 71.4. The van der Waals surface area contributed by atoms with E-state index in [4.69, 9.17) is 46.0 Å². The molecular formula is C13H36O9. The molecule has 1 atom stereocenters. The van der Waals surface area contributed by atoms with Crippen molar-refractivity contribution in [3.8, 4) is 0 Å². The van der Waals surface area contributed by atoms with E-state index in [1.165, 1.54) is 6.92 Å². The summed E-state index contributed by atoms with van der Waals surface area (Å²) in [7, 11) is 0. The monoisotopic (exact) mass is 336 g/mol. The SMILES string of the molecule is C.CC(O)CO.OCC(O)CO.OCCCCO.OCCO. The highest BCUT2D eigenvalue weighted by molar-refractivity contribution is 4.44. The van der Waals surface area contributed by atoms with Crippen LogP contribution in [0.5, 0.6) is 0 Å². The first-order valence-corrected chi connectivity index (χ1v) is 6.53. The standard InChI is InChI=1S/C4H10O2.C3H8O3.C3H8O2.C2H6O2.CH4/c5-3-1-2-4-6;4-1-3(6)2-5;1-3(5)2-4;3-1-2-4;/h5-6H,1-4H2;3-6H,1-2H2;3-5H,2H2,1H3;3-4H,1-2H2;1H4. The second-order valence-corrected chi connectivity index (χ2v) is 3.65. The van der Waals surface area contributed by atoms with Crippen LogP contribution in [0.3, 0.4) is 0 Å². The average Bonchev–Trinajstić information content (AvgIpc) is 2.53. The third-order valence-corrected chi connectivity index (χ3v) is 1.35. The Morgan fingerprint density at radius 1 is 0.591 bits per heavy atom. The molecule has 0 amide bonds. The van der Waals surface area contributed by atoms with Gasteiger partial charge in [0, 0.05) is 13.2 Å². The van der Waals surface area contributed by atoms with E-state index < -0.39 is 12.2 Å². The maximum atomic E-state index is 8.17. The lowest BCUT2D eigenvalue weighted by Crippen LogP contribution is -2.15. The Labute approximate surface area is 132 Å². The van der Waals surface area contributed by atoms with Crippen LogP contribution in [0, 0.1) is 0 Å². The zero-order valence-corrected chi connectivity index (χ0v) is 12.5. The maximum absolute atomic E-state index is 8.17. The van der Waals surface area contributed by atoms with Crippen molar-refractivity contribution in [2.45, 2.75) is 39.4 Å². The highest BCUT2D eigenvalue weighted by atomic mass is 16.3. The number of unbranched alkanes of at least 4 members (excludes halogenated alkanes) is 1. The first kappa shape index (κ1) is 33.3. The van der Waals surface area contributed by atoms with E-state index in [0.29, 0.717) is 0 Å². The van der Waals surface area contributed by atoms with Gasteiger partial charge in [0.2, 0.25) is 0 Å². The van der Waals surface area contributed by atoms with Crippen molar-refractivity contribution < 1.29 is 46.0 Å². The van der Waals surface area contributed by atoms with Gasteiger partial charge < -0.3 is 46.0 Å². The Morgan fingerprint density at radius 2 is 0.864 bits per heavy atom. The molecule has 0 heterocycles. The van der Waals surface area contributed by atoms with E-state index in [0.717, 1.165) is 12.8 Å². The van der Waals surface area contributed by atoms with Crippen LogP contribution < -0.4 is 0 Å². The first-order valence-electron chi connectivity index (χ1n) is 6.53. The Balaban J connectivity index is -0.0000000582. The normalized spacial score (nSPS) is 9.95. The summed E-state index contributed by atoms with van der Waals surface area (Å²) in [6.07, 6.45) is -0.0764. The third kappa shape index (κ3) is 73.4. The minimum atomic E-state index is -0.954. The quantitative estimate of drug-likeness (QED) is 0.219. The molecule has 142 valence electrons. The van der Waals surface area contributed by atoms with Crippen molar-refractivity contribution >= 4 is 0 Å². The molecular weight excluding hydrogens is 300 g/mol. The first-order chi connectivity index (χ1) is 9.91. The fourth-order valence-corrected chi connectivity index (χ4v) is 0.281. The zero-order valence-electron chi connectivity index (χ0n) is 12.5. The van der Waals surface area contributed by atoms with Crippen LogP contribution in [0.4, 0.5) is 0 Å². The second kappa shape index (κ2) is 37.1. The minimum absolute atomic E-state index is 0. The number of rotatable bonds is 7. The highest BCUT2D eigenvalue weighted by Gasteiger charge is 1.93. The Kier molecular flexibility index (Phi) is 56.2. The van der Waals surface area contributed by atoms with Crippen LogP contribution >= 0.6 is 0 Å². The predicted octanol–water partition coefficient (Wildman–Crippen LogP) is -2.95. The fraction of sp³-hybridized carbons (Fsp3) is 1.00. The van der Waals surface area contributed by atoms with E-state index in [-0.39, 0.29) is 53.7 Å². The number of hydrogen-bond donors (Lipinski definition) is 9. The fourth-order valence-electron chi connectivity index (χ4n) is 0.281. The molecule has 0 aromatic rings. The van der Waals surface area contributed by atoms with Crippen LogP contribution in [0.15, 0.2) is 0 Å². The molecule has 0 bridgehead atoms. The summed E-state index contributed by atoms with van der Waals surface area (Å²) in [6.45, 7) is 0.800. The van der Waals surface area contributed by atoms with E-state index in [1.807, 2.05) is 0 Å². The summed E-state index contributed by atoms with van der Waals surface area (Å²) < 4.78 is 0. The van der Waals surface area contributed by atoms with Gasteiger partial charge in [0.15, 0.2) is 0 Å². The molecule has 9 nitrogen and oxygen atoms in total. The van der Waals surface area contributed by atoms with Gasteiger partial charge in [-0.2, -0.15) is 0 Å². The van der Waals surface area contributed by atoms with Gasteiger partial charge in [-0.15, -0.1) is 0 Å². The van der Waals surface area contributed by atoms with Crippen molar-refractivity contribution in [2.75, 3.05) is 46.2 Å². The lowest BCUT2D eigenvalue weighted by atomic mass is 10.3. The molecule has 0 aliphatic rings. The molecule has 0 fully saturated rings. The summed E-state index contributed by atoms with van der Waals surface area (Å²) >= 11 is 0. The molecule has 0 aliphatic carbocycles. The molecule has 0 saturated heterocycles. The molecule has 1 unspecified atom stereocenters. The molecule has 0 rings (SSSR count). The molecule has 0 aromatic carbocycles. The second-order valence-electron chi connectivity index (χ2n) is 3.65. The zero-order chi connectivity index (χ0) is 17.5. The Hall–Kier alpha value is -0.360. The van der Waals surface area contributed by atoms with Gasteiger partial charge in [0.25, 0.3) is 0 Å². The van der Waals surface area contributed by atoms with E-state index in [2.05, 4.69) is 0 Å². The van der Waals surface area contributed by atoms with Gasteiger partial charge >= 0.3 is 0 Å². The maximum Gasteiger partial charge on any atom is 0.100 e.